The molecule has 0 aromatic heterocycles. The van der Waals surface area contributed by atoms with Gasteiger partial charge in [0.25, 0.3) is 0 Å². The number of rotatable bonds is 16. The zero-order valence-corrected chi connectivity index (χ0v) is 25.5. The normalized spacial score (nSPS) is 12.7. The molecular weight excluding hydrogens is 627 g/mol. The van der Waals surface area contributed by atoms with Crippen LogP contribution in [0.1, 0.15) is 33.4 Å². The Morgan fingerprint density at radius 2 is 1.00 bits per heavy atom. The average molecular weight is 661 g/mol. The van der Waals surface area contributed by atoms with E-state index in [4.69, 9.17) is 24.4 Å². The summed E-state index contributed by atoms with van der Waals surface area (Å²) in [5.74, 6) is -6.35. The number of benzene rings is 4. The summed E-state index contributed by atoms with van der Waals surface area (Å²) in [6.07, 6.45) is 0.390. The Kier molecular flexibility index (Phi) is 11.2. The molecule has 46 heavy (non-hydrogen) atoms. The van der Waals surface area contributed by atoms with Crippen LogP contribution in [0.25, 0.3) is 0 Å². The number of aliphatic carboxylic acids is 1. The van der Waals surface area contributed by atoms with Gasteiger partial charge in [0.15, 0.2) is 0 Å². The van der Waals surface area contributed by atoms with Crippen LogP contribution in [0.3, 0.4) is 0 Å². The van der Waals surface area contributed by atoms with E-state index in [1.54, 1.807) is 0 Å². The van der Waals surface area contributed by atoms with Gasteiger partial charge in [-0.1, -0.05) is 109 Å². The van der Waals surface area contributed by atoms with Gasteiger partial charge >= 0.3 is 25.2 Å². The van der Waals surface area contributed by atoms with Gasteiger partial charge in [-0.3, -0.25) is 4.57 Å². The Hall–Kier alpha value is -3.86. The second kappa shape index (κ2) is 14.7. The number of carboxylic acids is 1. The van der Waals surface area contributed by atoms with Gasteiger partial charge in [-0.15, -0.1) is 0 Å². The van der Waals surface area contributed by atoms with E-state index < -0.39 is 41.7 Å². The molecule has 12 heteroatoms. The van der Waals surface area contributed by atoms with Crippen LogP contribution in [0.15, 0.2) is 109 Å². The summed E-state index contributed by atoms with van der Waals surface area (Å²) in [5, 5.41) is 8.94. The Morgan fingerprint density at radius 3 is 1.37 bits per heavy atom. The molecule has 244 valence electrons. The van der Waals surface area contributed by atoms with Crippen LogP contribution in [0, 0.1) is 5.41 Å². The molecule has 0 aliphatic carbocycles. The van der Waals surface area contributed by atoms with Gasteiger partial charge in [-0.2, -0.15) is 17.6 Å². The highest BCUT2D eigenvalue weighted by Gasteiger charge is 2.50. The standard InChI is InChI=1S/C34H33F4O7P/c35-33(36,31(39)40)29-15-11-25(12-16-29)19-32(23-44-21-27-7-3-1-4-8-27,24-45-22-28-9-5-2-6-10-28)20-26-13-17-30(18-14-26)34(37,38)46(41,42)43/h1-18H,19-24H2,(H,39,40)(H2,41,42,43). The molecule has 0 heterocycles. The van der Waals surface area contributed by atoms with E-state index >= 15 is 0 Å². The Balaban J connectivity index is 1.67. The first-order valence-corrected chi connectivity index (χ1v) is 15.8. The number of carbonyl (C=O) groups is 1. The second-order valence-corrected chi connectivity index (χ2v) is 12.8. The first-order chi connectivity index (χ1) is 21.7. The molecule has 0 bridgehead atoms. The van der Waals surface area contributed by atoms with Crippen LogP contribution in [-0.2, 0) is 56.5 Å². The topological polar surface area (TPSA) is 113 Å². The molecule has 0 fully saturated rings. The van der Waals surface area contributed by atoms with Crippen molar-refractivity contribution in [3.63, 3.8) is 0 Å². The van der Waals surface area contributed by atoms with Gasteiger partial charge in [0, 0.05) is 16.5 Å². The molecule has 0 aliphatic heterocycles. The minimum absolute atomic E-state index is 0.0874. The van der Waals surface area contributed by atoms with Crippen molar-refractivity contribution in [1.82, 2.24) is 0 Å². The molecule has 0 saturated heterocycles. The summed E-state index contributed by atoms with van der Waals surface area (Å²) in [7, 11) is -5.77. The summed E-state index contributed by atoms with van der Waals surface area (Å²) in [4.78, 5) is 29.4. The molecule has 4 aromatic carbocycles. The van der Waals surface area contributed by atoms with E-state index in [9.17, 15) is 26.9 Å². The summed E-state index contributed by atoms with van der Waals surface area (Å²) in [6, 6.07) is 28.2. The van der Waals surface area contributed by atoms with Crippen LogP contribution in [0.4, 0.5) is 17.6 Å². The third-order valence-corrected chi connectivity index (χ3v) is 8.44. The van der Waals surface area contributed by atoms with Crippen molar-refractivity contribution in [2.75, 3.05) is 13.2 Å². The largest absolute Gasteiger partial charge is 0.477 e. The summed E-state index contributed by atoms with van der Waals surface area (Å²) < 4.78 is 80.7. The van der Waals surface area contributed by atoms with E-state index in [1.165, 1.54) is 24.3 Å². The lowest BCUT2D eigenvalue weighted by Crippen LogP contribution is -2.37. The molecule has 3 N–H and O–H groups in total. The Bertz CT molecular complexity index is 1570. The smallest absolute Gasteiger partial charge is 0.399 e. The van der Waals surface area contributed by atoms with E-state index in [1.807, 2.05) is 60.7 Å². The third kappa shape index (κ3) is 8.90. The Labute approximate surface area is 263 Å². The molecule has 0 atom stereocenters. The number of halogens is 4. The van der Waals surface area contributed by atoms with Gasteiger partial charge in [0.2, 0.25) is 0 Å². The minimum atomic E-state index is -5.77. The fraction of sp³-hybridized carbons (Fsp3) is 0.265. The fourth-order valence-electron chi connectivity index (χ4n) is 5.04. The van der Waals surface area contributed by atoms with Crippen molar-refractivity contribution in [3.8, 4) is 0 Å². The highest BCUT2D eigenvalue weighted by atomic mass is 31.2. The Morgan fingerprint density at radius 1 is 0.609 bits per heavy atom. The number of alkyl halides is 4. The van der Waals surface area contributed by atoms with E-state index in [2.05, 4.69) is 0 Å². The molecule has 0 amide bonds. The van der Waals surface area contributed by atoms with Crippen molar-refractivity contribution in [2.45, 2.75) is 37.6 Å². The molecule has 0 saturated carbocycles. The lowest BCUT2D eigenvalue weighted by atomic mass is 9.77. The predicted molar refractivity (Wildman–Crippen MR) is 162 cm³/mol. The third-order valence-electron chi connectivity index (χ3n) is 7.45. The molecule has 4 rings (SSSR count). The molecule has 0 unspecified atom stereocenters. The minimum Gasteiger partial charge on any atom is -0.477 e. The molecule has 7 nitrogen and oxygen atoms in total. The van der Waals surface area contributed by atoms with Crippen molar-refractivity contribution in [1.29, 1.82) is 0 Å². The van der Waals surface area contributed by atoms with Crippen LogP contribution >= 0.6 is 7.60 Å². The van der Waals surface area contributed by atoms with Crippen LogP contribution in [0.2, 0.25) is 0 Å². The van der Waals surface area contributed by atoms with Gasteiger partial charge in [0.05, 0.1) is 26.4 Å². The van der Waals surface area contributed by atoms with Gasteiger partial charge in [0.1, 0.15) is 0 Å². The zero-order valence-electron chi connectivity index (χ0n) is 24.6. The maximum atomic E-state index is 14.3. The fourth-order valence-corrected chi connectivity index (χ4v) is 5.53. The first-order valence-electron chi connectivity index (χ1n) is 14.2. The van der Waals surface area contributed by atoms with E-state index in [0.717, 1.165) is 35.4 Å². The van der Waals surface area contributed by atoms with Crippen molar-refractivity contribution in [3.05, 3.63) is 143 Å². The number of hydrogen-bond donors (Lipinski definition) is 3. The molecule has 0 spiro atoms. The highest BCUT2D eigenvalue weighted by Crippen LogP contribution is 2.59. The van der Waals surface area contributed by atoms with Crippen molar-refractivity contribution < 1.29 is 51.3 Å². The number of ether oxygens (including phenoxy) is 2. The lowest BCUT2D eigenvalue weighted by Gasteiger charge is -2.34. The summed E-state index contributed by atoms with van der Waals surface area (Å²) in [5.41, 5.74) is -3.90. The van der Waals surface area contributed by atoms with E-state index in [0.29, 0.717) is 11.1 Å². The van der Waals surface area contributed by atoms with Crippen molar-refractivity contribution >= 4 is 13.6 Å². The molecule has 0 aliphatic rings. The monoisotopic (exact) mass is 660 g/mol. The van der Waals surface area contributed by atoms with Gasteiger partial charge in [-0.25, -0.2) is 4.79 Å². The van der Waals surface area contributed by atoms with Crippen LogP contribution in [-0.4, -0.2) is 34.1 Å². The number of hydrogen-bond acceptors (Lipinski definition) is 4. The first kappa shape index (κ1) is 35.0. The SMILES string of the molecule is O=C(O)C(F)(F)c1ccc(CC(COCc2ccccc2)(COCc2ccccc2)Cc2ccc(C(F)(F)P(=O)(O)O)cc2)cc1. The van der Waals surface area contributed by atoms with Gasteiger partial charge in [-0.05, 0) is 35.1 Å². The zero-order chi connectivity index (χ0) is 33.4. The van der Waals surface area contributed by atoms with E-state index in [-0.39, 0.29) is 39.3 Å². The number of carboxylic acid groups (broad SMARTS) is 1. The quantitative estimate of drug-likeness (QED) is 0.0855. The molecule has 4 aromatic rings. The summed E-state index contributed by atoms with van der Waals surface area (Å²) in [6.45, 7) is 0.644. The molecule has 0 radical (unpaired) electrons. The van der Waals surface area contributed by atoms with Crippen LogP contribution < -0.4 is 0 Å². The van der Waals surface area contributed by atoms with Crippen LogP contribution in [0.5, 0.6) is 0 Å². The predicted octanol–water partition coefficient (Wildman–Crippen LogP) is 7.30. The molecular formula is C34H33F4O7P. The maximum absolute atomic E-state index is 14.3. The maximum Gasteiger partial charge on any atom is 0.399 e. The average Bonchev–Trinajstić information content (AvgIpc) is 3.02. The lowest BCUT2D eigenvalue weighted by molar-refractivity contribution is -0.166. The summed E-state index contributed by atoms with van der Waals surface area (Å²) >= 11 is 0. The van der Waals surface area contributed by atoms with Gasteiger partial charge < -0.3 is 24.4 Å². The highest BCUT2D eigenvalue weighted by molar-refractivity contribution is 7.52. The van der Waals surface area contributed by atoms with Crippen molar-refractivity contribution in [2.24, 2.45) is 5.41 Å². The second-order valence-electron chi connectivity index (χ2n) is 11.2.